The summed E-state index contributed by atoms with van der Waals surface area (Å²) in [5.41, 5.74) is 8.82. The molecule has 176 valence electrons. The molecule has 1 amide bonds. The second-order valence-corrected chi connectivity index (χ2v) is 8.86. The minimum absolute atomic E-state index is 0.0467. The maximum absolute atomic E-state index is 13.4. The van der Waals surface area contributed by atoms with Crippen LogP contribution in [0, 0.1) is 13.8 Å². The van der Waals surface area contributed by atoms with E-state index in [1.54, 1.807) is 19.1 Å². The number of pyridine rings is 1. The van der Waals surface area contributed by atoms with Gasteiger partial charge in [-0.15, -0.1) is 0 Å². The van der Waals surface area contributed by atoms with E-state index in [0.29, 0.717) is 27.9 Å². The fraction of sp³-hybridized carbons (Fsp3) is 0.179. The number of hydrogen-bond acceptors (Lipinski definition) is 5. The van der Waals surface area contributed by atoms with Crippen LogP contribution in [0.2, 0.25) is 0 Å². The molecule has 0 aliphatic carbocycles. The lowest BCUT2D eigenvalue weighted by Crippen LogP contribution is -2.16. The van der Waals surface area contributed by atoms with Gasteiger partial charge in [0.25, 0.3) is 5.91 Å². The second-order valence-electron chi connectivity index (χ2n) is 8.86. The summed E-state index contributed by atoms with van der Waals surface area (Å²) in [6, 6.07) is 13.1. The van der Waals surface area contributed by atoms with E-state index in [-0.39, 0.29) is 16.9 Å². The normalized spacial score (nSPS) is 12.2. The van der Waals surface area contributed by atoms with Gasteiger partial charge in [-0.1, -0.05) is 12.1 Å². The van der Waals surface area contributed by atoms with Crippen molar-refractivity contribution in [1.29, 1.82) is 0 Å². The average Bonchev–Trinajstić information content (AvgIpc) is 3.20. The number of amides is 1. The molecular weight excluding hydrogens is 442 g/mol. The van der Waals surface area contributed by atoms with Gasteiger partial charge in [0.2, 0.25) is 0 Å². The van der Waals surface area contributed by atoms with Crippen molar-refractivity contribution in [3.05, 3.63) is 93.7 Å². The second kappa shape index (κ2) is 8.43. The van der Waals surface area contributed by atoms with Gasteiger partial charge in [-0.05, 0) is 62.1 Å². The summed E-state index contributed by atoms with van der Waals surface area (Å²) in [7, 11) is 1.98. The predicted molar refractivity (Wildman–Crippen MR) is 136 cm³/mol. The van der Waals surface area contributed by atoms with Gasteiger partial charge in [-0.25, -0.2) is 4.98 Å². The van der Waals surface area contributed by atoms with E-state index in [2.05, 4.69) is 4.98 Å². The molecule has 35 heavy (non-hydrogen) atoms. The molecule has 5 aromatic rings. The Labute approximate surface area is 201 Å². The van der Waals surface area contributed by atoms with Crippen molar-refractivity contribution in [2.75, 3.05) is 0 Å². The summed E-state index contributed by atoms with van der Waals surface area (Å²) in [4.78, 5) is 29.3. The summed E-state index contributed by atoms with van der Waals surface area (Å²) in [5.74, 6) is 0.110. The predicted octanol–water partition coefficient (Wildman–Crippen LogP) is 5.20. The van der Waals surface area contributed by atoms with Crippen molar-refractivity contribution >= 4 is 27.6 Å². The number of carbonyl (C=O) groups excluding carboxylic acids is 1. The van der Waals surface area contributed by atoms with Crippen LogP contribution in [0.5, 0.6) is 5.75 Å². The van der Waals surface area contributed by atoms with E-state index in [1.165, 1.54) is 6.20 Å². The van der Waals surface area contributed by atoms with Crippen molar-refractivity contribution in [3.8, 4) is 17.1 Å². The Kier molecular flexibility index (Phi) is 5.40. The molecule has 2 N–H and O–H groups in total. The zero-order valence-electron chi connectivity index (χ0n) is 20.0. The Morgan fingerprint density at radius 1 is 1.11 bits per heavy atom. The molecule has 3 aromatic heterocycles. The Bertz CT molecular complexity index is 1680. The van der Waals surface area contributed by atoms with E-state index in [4.69, 9.17) is 14.9 Å². The minimum atomic E-state index is -0.678. The smallest absolute Gasteiger partial charge is 0.271 e. The fourth-order valence-corrected chi connectivity index (χ4v) is 4.49. The van der Waals surface area contributed by atoms with Gasteiger partial charge in [0.1, 0.15) is 17.4 Å². The van der Waals surface area contributed by atoms with Crippen LogP contribution in [-0.2, 0) is 7.05 Å². The molecule has 0 saturated heterocycles. The van der Waals surface area contributed by atoms with Crippen LogP contribution in [0.1, 0.15) is 40.2 Å². The molecule has 0 bridgehead atoms. The zero-order valence-corrected chi connectivity index (χ0v) is 20.0. The monoisotopic (exact) mass is 467 g/mol. The summed E-state index contributed by atoms with van der Waals surface area (Å²) in [6.07, 6.45) is 5.01. The van der Waals surface area contributed by atoms with E-state index >= 15 is 0 Å². The number of hydrogen-bond donors (Lipinski definition) is 1. The van der Waals surface area contributed by atoms with Crippen LogP contribution in [-0.4, -0.2) is 15.5 Å². The highest BCUT2D eigenvalue weighted by molar-refractivity contribution is 5.93. The SMILES string of the molecule is Cc1cc([C@@H](C)Oc2cccnc2C(N)=O)c2oc(-c3ccc4cn(C)cc4c3)c(C)c(=O)c2c1. The number of benzene rings is 2. The number of carbonyl (C=O) groups is 1. The van der Waals surface area contributed by atoms with Gasteiger partial charge in [0, 0.05) is 47.7 Å². The van der Waals surface area contributed by atoms with E-state index in [0.717, 1.165) is 21.9 Å². The van der Waals surface area contributed by atoms with Crippen LogP contribution in [0.15, 0.2) is 70.3 Å². The molecule has 0 spiro atoms. The van der Waals surface area contributed by atoms with E-state index in [9.17, 15) is 9.59 Å². The van der Waals surface area contributed by atoms with Crippen molar-refractivity contribution in [2.45, 2.75) is 26.9 Å². The van der Waals surface area contributed by atoms with Crippen LogP contribution < -0.4 is 15.9 Å². The highest BCUT2D eigenvalue weighted by atomic mass is 16.5. The van der Waals surface area contributed by atoms with Gasteiger partial charge < -0.3 is 19.5 Å². The molecule has 0 unspecified atom stereocenters. The molecule has 0 aliphatic heterocycles. The van der Waals surface area contributed by atoms with Gasteiger partial charge in [-0.2, -0.15) is 0 Å². The quantitative estimate of drug-likeness (QED) is 0.383. The van der Waals surface area contributed by atoms with Crippen molar-refractivity contribution in [2.24, 2.45) is 12.8 Å². The van der Waals surface area contributed by atoms with Crippen molar-refractivity contribution in [3.63, 3.8) is 0 Å². The number of nitrogens with two attached hydrogens (primary N) is 1. The Balaban J connectivity index is 1.68. The number of aromatic nitrogens is 2. The maximum atomic E-state index is 13.4. The Morgan fingerprint density at radius 3 is 2.66 bits per heavy atom. The number of ether oxygens (including phenoxy) is 1. The molecule has 3 heterocycles. The Hall–Kier alpha value is -4.39. The summed E-state index contributed by atoms with van der Waals surface area (Å²) in [6.45, 7) is 5.54. The third-order valence-electron chi connectivity index (χ3n) is 6.17. The largest absolute Gasteiger partial charge is 0.483 e. The molecule has 2 aromatic carbocycles. The van der Waals surface area contributed by atoms with Gasteiger partial charge >= 0.3 is 0 Å². The third-order valence-corrected chi connectivity index (χ3v) is 6.17. The van der Waals surface area contributed by atoms with Gasteiger partial charge in [-0.3, -0.25) is 9.59 Å². The lowest BCUT2D eigenvalue weighted by molar-refractivity contribution is 0.0988. The van der Waals surface area contributed by atoms with Crippen LogP contribution in [0.4, 0.5) is 0 Å². The first-order valence-electron chi connectivity index (χ1n) is 11.3. The first-order chi connectivity index (χ1) is 16.7. The first kappa shape index (κ1) is 22.4. The highest BCUT2D eigenvalue weighted by Crippen LogP contribution is 2.34. The van der Waals surface area contributed by atoms with Crippen LogP contribution in [0.25, 0.3) is 33.1 Å². The van der Waals surface area contributed by atoms with Gasteiger partial charge in [0.05, 0.1) is 5.39 Å². The first-order valence-corrected chi connectivity index (χ1v) is 11.3. The fourth-order valence-electron chi connectivity index (χ4n) is 4.49. The number of primary amides is 1. The van der Waals surface area contributed by atoms with Crippen molar-refractivity contribution in [1.82, 2.24) is 9.55 Å². The molecule has 0 fully saturated rings. The third kappa shape index (κ3) is 3.95. The highest BCUT2D eigenvalue weighted by Gasteiger charge is 2.21. The molecule has 7 heteroatoms. The molecule has 0 aliphatic rings. The summed E-state index contributed by atoms with van der Waals surface area (Å²) in [5, 5.41) is 2.65. The number of rotatable bonds is 5. The molecule has 0 saturated carbocycles. The summed E-state index contributed by atoms with van der Waals surface area (Å²) < 4.78 is 14.5. The summed E-state index contributed by atoms with van der Waals surface area (Å²) >= 11 is 0. The Morgan fingerprint density at radius 2 is 1.89 bits per heavy atom. The van der Waals surface area contributed by atoms with Crippen LogP contribution in [0.3, 0.4) is 0 Å². The average molecular weight is 468 g/mol. The molecule has 7 nitrogen and oxygen atoms in total. The van der Waals surface area contributed by atoms with Gasteiger partial charge in [0.15, 0.2) is 16.9 Å². The minimum Gasteiger partial charge on any atom is -0.483 e. The molecule has 1 atom stereocenters. The molecular formula is C28H25N3O4. The molecule has 5 rings (SSSR count). The number of aryl methyl sites for hydroxylation is 2. The van der Waals surface area contributed by atoms with E-state index < -0.39 is 12.0 Å². The topological polar surface area (TPSA) is 100 Å². The van der Waals surface area contributed by atoms with E-state index in [1.807, 2.05) is 68.2 Å². The number of nitrogens with zero attached hydrogens (tertiary/aromatic N) is 2. The molecule has 0 radical (unpaired) electrons. The maximum Gasteiger partial charge on any atom is 0.271 e. The lowest BCUT2D eigenvalue weighted by Gasteiger charge is -2.19. The standard InChI is InChI=1S/C28H25N3O4/c1-15-10-21(17(3)34-23-6-5-9-30-24(23)28(29)33)27-22(11-15)25(32)16(2)26(35-27)18-7-8-19-13-31(4)14-20(19)12-18/h5-14,17H,1-4H3,(H2,29,33)/t17-/m1/s1. The van der Waals surface area contributed by atoms with Crippen LogP contribution >= 0.6 is 0 Å². The zero-order chi connectivity index (χ0) is 24.9. The van der Waals surface area contributed by atoms with Crippen molar-refractivity contribution < 1.29 is 13.9 Å². The number of fused-ring (bicyclic) bond motifs is 2. The lowest BCUT2D eigenvalue weighted by atomic mass is 9.99.